The van der Waals surface area contributed by atoms with E-state index in [0.29, 0.717) is 6.04 Å². The number of H-pyrrole nitrogens is 2. The van der Waals surface area contributed by atoms with Crippen LogP contribution in [-0.4, -0.2) is 33.0 Å². The number of hydrogen-bond acceptors (Lipinski definition) is 4. The molecule has 2 aliphatic heterocycles. The lowest BCUT2D eigenvalue weighted by Gasteiger charge is -2.08. The van der Waals surface area contributed by atoms with E-state index < -0.39 is 0 Å². The zero-order valence-electron chi connectivity index (χ0n) is 20.9. The second kappa shape index (κ2) is 9.88. The molecule has 4 N–H and O–H groups in total. The molecule has 6 rings (SSSR count). The predicted octanol–water partition coefficient (Wildman–Crippen LogP) is 6.10. The minimum absolute atomic E-state index is 0.134. The number of aromatic nitrogens is 4. The van der Waals surface area contributed by atoms with Crippen molar-refractivity contribution < 1.29 is 0 Å². The number of rotatable bonds is 7. The molecule has 2 aromatic heterocycles. The van der Waals surface area contributed by atoms with Crippen LogP contribution in [0, 0.1) is 0 Å². The van der Waals surface area contributed by atoms with Gasteiger partial charge in [-0.1, -0.05) is 74.0 Å². The van der Waals surface area contributed by atoms with Crippen molar-refractivity contribution in [3.05, 3.63) is 84.2 Å². The summed E-state index contributed by atoms with van der Waals surface area (Å²) in [6, 6.07) is 18.0. The molecule has 0 unspecified atom stereocenters. The number of hydrogen-bond donors (Lipinski definition) is 4. The van der Waals surface area contributed by atoms with E-state index >= 15 is 0 Å². The lowest BCUT2D eigenvalue weighted by molar-refractivity contribution is 0.611. The summed E-state index contributed by atoms with van der Waals surface area (Å²) >= 11 is 0. The number of imidazole rings is 2. The van der Waals surface area contributed by atoms with Gasteiger partial charge in [-0.15, -0.1) is 0 Å². The first kappa shape index (κ1) is 23.0. The van der Waals surface area contributed by atoms with Crippen molar-refractivity contribution in [2.45, 2.75) is 51.1 Å². The first-order chi connectivity index (χ1) is 17.7. The Balaban J connectivity index is 1.20. The minimum atomic E-state index is 0.134. The zero-order chi connectivity index (χ0) is 24.5. The molecule has 6 heteroatoms. The van der Waals surface area contributed by atoms with E-state index in [0.717, 1.165) is 67.4 Å². The molecule has 2 saturated heterocycles. The molecule has 0 radical (unpaired) electrons. The fourth-order valence-electron chi connectivity index (χ4n) is 5.43. The smallest absolute Gasteiger partial charge is 0.127 e. The fourth-order valence-corrected chi connectivity index (χ4v) is 5.43. The molecule has 2 aromatic carbocycles. The molecule has 0 spiro atoms. The third-order valence-corrected chi connectivity index (χ3v) is 7.45. The number of aryl methyl sites for hydroxylation is 1. The van der Waals surface area contributed by atoms with Gasteiger partial charge in [0, 0.05) is 11.3 Å². The Morgan fingerprint density at radius 1 is 0.861 bits per heavy atom. The monoisotopic (exact) mass is 478 g/mol. The molecule has 2 aliphatic rings. The summed E-state index contributed by atoms with van der Waals surface area (Å²) in [5.74, 6) is 2.03. The average Bonchev–Trinajstić information content (AvgIpc) is 3.71. The second-order valence-electron chi connectivity index (χ2n) is 9.98. The first-order valence-corrected chi connectivity index (χ1v) is 13.2. The quantitative estimate of drug-likeness (QED) is 0.242. The SMILES string of the molecule is C=C1CCN[C@@H]1c1ncc(-c2ccc(-c3ccc(-c4nc([C@@H]5CCCN5)[nH]c4CCC)cc3)cc2)[nH]1. The van der Waals surface area contributed by atoms with Crippen molar-refractivity contribution in [3.8, 4) is 33.6 Å². The van der Waals surface area contributed by atoms with Crippen molar-refractivity contribution in [2.75, 3.05) is 13.1 Å². The van der Waals surface area contributed by atoms with Crippen molar-refractivity contribution in [1.29, 1.82) is 0 Å². The summed E-state index contributed by atoms with van der Waals surface area (Å²) in [5, 5.41) is 7.02. The van der Waals surface area contributed by atoms with Crippen LogP contribution >= 0.6 is 0 Å². The van der Waals surface area contributed by atoms with Gasteiger partial charge in [0.2, 0.25) is 0 Å². The molecule has 2 fully saturated rings. The van der Waals surface area contributed by atoms with E-state index in [9.17, 15) is 0 Å². The Hall–Kier alpha value is -3.48. The molecule has 0 amide bonds. The Morgan fingerprint density at radius 2 is 1.58 bits per heavy atom. The maximum atomic E-state index is 5.03. The van der Waals surface area contributed by atoms with Gasteiger partial charge in [-0.25, -0.2) is 9.97 Å². The summed E-state index contributed by atoms with van der Waals surface area (Å²) < 4.78 is 0. The molecule has 4 aromatic rings. The van der Waals surface area contributed by atoms with Crippen LogP contribution in [-0.2, 0) is 6.42 Å². The Kier molecular flexibility index (Phi) is 6.30. The topological polar surface area (TPSA) is 81.4 Å². The van der Waals surface area contributed by atoms with Gasteiger partial charge in [0.1, 0.15) is 11.6 Å². The number of nitrogens with one attached hydrogen (secondary N) is 4. The van der Waals surface area contributed by atoms with Gasteiger partial charge in [0.25, 0.3) is 0 Å². The van der Waals surface area contributed by atoms with Crippen molar-refractivity contribution in [1.82, 2.24) is 30.6 Å². The first-order valence-electron chi connectivity index (χ1n) is 13.2. The van der Waals surface area contributed by atoms with Crippen LogP contribution in [0.5, 0.6) is 0 Å². The van der Waals surface area contributed by atoms with E-state index in [2.05, 4.69) is 87.6 Å². The average molecular weight is 479 g/mol. The van der Waals surface area contributed by atoms with Gasteiger partial charge >= 0.3 is 0 Å². The van der Waals surface area contributed by atoms with Crippen LogP contribution in [0.4, 0.5) is 0 Å². The van der Waals surface area contributed by atoms with Crippen LogP contribution in [0.2, 0.25) is 0 Å². The highest BCUT2D eigenvalue weighted by Crippen LogP contribution is 2.31. The molecule has 0 aliphatic carbocycles. The standard InChI is InChI=1S/C30H34N6/c1-3-5-24-28(36-29(34-24)25-6-4-16-31-25)23-13-9-21(10-14-23)20-7-11-22(12-8-20)26-18-33-30(35-26)27-19(2)15-17-32-27/h7-14,18,25,27,31-32H,2-6,15-17H2,1H3,(H,33,35)(H,34,36)/t25-,27-/m0/s1. The highest BCUT2D eigenvalue weighted by molar-refractivity contribution is 5.72. The number of nitrogens with zero attached hydrogens (tertiary/aromatic N) is 2. The molecular weight excluding hydrogens is 444 g/mol. The maximum Gasteiger partial charge on any atom is 0.127 e. The van der Waals surface area contributed by atoms with E-state index in [1.807, 2.05) is 6.20 Å². The van der Waals surface area contributed by atoms with Gasteiger partial charge in [-0.2, -0.15) is 0 Å². The molecular formula is C30H34N6. The van der Waals surface area contributed by atoms with E-state index in [4.69, 9.17) is 4.98 Å². The maximum absolute atomic E-state index is 5.03. The van der Waals surface area contributed by atoms with Crippen molar-refractivity contribution in [2.24, 2.45) is 0 Å². The molecule has 0 saturated carbocycles. The molecule has 6 nitrogen and oxygen atoms in total. The Morgan fingerprint density at radius 3 is 2.22 bits per heavy atom. The van der Waals surface area contributed by atoms with Gasteiger partial charge in [0.15, 0.2) is 0 Å². The van der Waals surface area contributed by atoms with Crippen LogP contribution in [0.25, 0.3) is 33.6 Å². The molecule has 2 atom stereocenters. The van der Waals surface area contributed by atoms with Crippen LogP contribution in [0.3, 0.4) is 0 Å². The summed E-state index contributed by atoms with van der Waals surface area (Å²) in [4.78, 5) is 16.7. The number of aromatic amines is 2. The largest absolute Gasteiger partial charge is 0.344 e. The third-order valence-electron chi connectivity index (χ3n) is 7.45. The van der Waals surface area contributed by atoms with Crippen LogP contribution in [0.1, 0.15) is 62.0 Å². The lowest BCUT2D eigenvalue weighted by atomic mass is 10.00. The summed E-state index contributed by atoms with van der Waals surface area (Å²) in [6.45, 7) is 8.43. The normalized spacial score (nSPS) is 19.9. The van der Waals surface area contributed by atoms with Crippen molar-refractivity contribution in [3.63, 3.8) is 0 Å². The van der Waals surface area contributed by atoms with Gasteiger partial charge in [-0.3, -0.25) is 0 Å². The molecule has 0 bridgehead atoms. The molecule has 4 heterocycles. The van der Waals surface area contributed by atoms with Crippen molar-refractivity contribution >= 4 is 0 Å². The second-order valence-corrected chi connectivity index (χ2v) is 9.98. The van der Waals surface area contributed by atoms with Crippen LogP contribution in [0.15, 0.2) is 66.9 Å². The summed E-state index contributed by atoms with van der Waals surface area (Å²) in [6.07, 6.45) is 7.40. The summed E-state index contributed by atoms with van der Waals surface area (Å²) in [5.41, 5.74) is 9.26. The van der Waals surface area contributed by atoms with Crippen LogP contribution < -0.4 is 10.6 Å². The fraction of sp³-hybridized carbons (Fsp3) is 0.333. The molecule has 36 heavy (non-hydrogen) atoms. The van der Waals surface area contributed by atoms with E-state index in [1.165, 1.54) is 34.4 Å². The highest BCUT2D eigenvalue weighted by Gasteiger charge is 2.23. The van der Waals surface area contributed by atoms with Gasteiger partial charge in [-0.05, 0) is 55.5 Å². The molecule has 184 valence electrons. The third kappa shape index (κ3) is 4.43. The van der Waals surface area contributed by atoms with E-state index in [-0.39, 0.29) is 6.04 Å². The van der Waals surface area contributed by atoms with Gasteiger partial charge in [0.05, 0.1) is 29.7 Å². The lowest BCUT2D eigenvalue weighted by Crippen LogP contribution is -2.14. The minimum Gasteiger partial charge on any atom is -0.344 e. The number of benzene rings is 2. The van der Waals surface area contributed by atoms with Gasteiger partial charge < -0.3 is 20.6 Å². The zero-order valence-corrected chi connectivity index (χ0v) is 20.9. The predicted molar refractivity (Wildman–Crippen MR) is 146 cm³/mol. The summed E-state index contributed by atoms with van der Waals surface area (Å²) in [7, 11) is 0. The Labute approximate surface area is 212 Å². The van der Waals surface area contributed by atoms with E-state index in [1.54, 1.807) is 0 Å². The highest BCUT2D eigenvalue weighted by atomic mass is 15.1. The Bertz CT molecular complexity index is 1340.